The van der Waals surface area contributed by atoms with Crippen LogP contribution in [0.1, 0.15) is 24.4 Å². The van der Waals surface area contributed by atoms with Crippen molar-refractivity contribution in [1.29, 1.82) is 0 Å². The Morgan fingerprint density at radius 1 is 1.30 bits per heavy atom. The number of hydrogen-bond donors (Lipinski definition) is 1. The molecule has 27 heavy (non-hydrogen) atoms. The zero-order chi connectivity index (χ0) is 18.8. The summed E-state index contributed by atoms with van der Waals surface area (Å²) in [4.78, 5) is 8.01. The van der Waals surface area contributed by atoms with Crippen molar-refractivity contribution in [3.63, 3.8) is 0 Å². The van der Waals surface area contributed by atoms with Gasteiger partial charge >= 0.3 is 0 Å². The van der Waals surface area contributed by atoms with Gasteiger partial charge in [0, 0.05) is 18.2 Å². The van der Waals surface area contributed by atoms with Crippen molar-refractivity contribution in [3.8, 4) is 22.2 Å². The highest BCUT2D eigenvalue weighted by Gasteiger charge is 2.29. The van der Waals surface area contributed by atoms with Gasteiger partial charge in [0.05, 0.1) is 25.8 Å². The first kappa shape index (κ1) is 18.2. The van der Waals surface area contributed by atoms with Gasteiger partial charge in [-0.1, -0.05) is 6.07 Å². The Bertz CT molecular complexity index is 965. The zero-order valence-electron chi connectivity index (χ0n) is 15.3. The Kier molecular flexibility index (Phi) is 5.29. The summed E-state index contributed by atoms with van der Waals surface area (Å²) in [5, 5.41) is 5.39. The minimum Gasteiger partial charge on any atom is -0.497 e. The predicted octanol–water partition coefficient (Wildman–Crippen LogP) is 4.48. The van der Waals surface area contributed by atoms with Crippen LogP contribution < -0.4 is 9.47 Å². The van der Waals surface area contributed by atoms with Crippen LogP contribution >= 0.6 is 23.6 Å². The molecule has 0 amide bonds. The lowest BCUT2D eigenvalue weighted by atomic mass is 10.0. The summed E-state index contributed by atoms with van der Waals surface area (Å²) in [6.45, 7) is 1.67. The maximum atomic E-state index is 5.60. The van der Waals surface area contributed by atoms with Crippen LogP contribution in [0.4, 0.5) is 0 Å². The molecule has 0 saturated carbocycles. The average Bonchev–Trinajstić information content (AvgIpc) is 3.43. The Morgan fingerprint density at radius 3 is 2.93 bits per heavy atom. The number of aromatic nitrogens is 3. The summed E-state index contributed by atoms with van der Waals surface area (Å²) < 4.78 is 13.5. The second-order valence-corrected chi connectivity index (χ2v) is 7.79. The van der Waals surface area contributed by atoms with Crippen molar-refractivity contribution in [2.75, 3.05) is 20.8 Å². The van der Waals surface area contributed by atoms with Crippen LogP contribution in [0, 0.1) is 4.77 Å². The van der Waals surface area contributed by atoms with E-state index in [1.807, 2.05) is 34.3 Å². The number of hydrogen-bond acceptors (Lipinski definition) is 6. The number of nitrogens with zero attached hydrogens (tertiary/aromatic N) is 3. The standard InChI is InChI=1S/C19H22N4O2S2/c1-24-13-7-8-16(25-2)14(11-13)15-5-3-9-22(15)12-23-19(26)20-18(21-23)17-6-4-10-27-17/h4,6-8,10-11,15H,3,5,9,12H2,1-2H3,(H,20,21,26)/t15-/m1/s1. The molecule has 1 N–H and O–H groups in total. The molecule has 0 bridgehead atoms. The Labute approximate surface area is 167 Å². The third-order valence-corrected chi connectivity index (χ3v) is 6.10. The Morgan fingerprint density at radius 2 is 2.19 bits per heavy atom. The van der Waals surface area contributed by atoms with Crippen molar-refractivity contribution in [2.45, 2.75) is 25.6 Å². The number of thiophene rings is 1. The van der Waals surface area contributed by atoms with Crippen LogP contribution in [-0.2, 0) is 6.67 Å². The molecule has 0 aliphatic carbocycles. The molecule has 0 unspecified atom stereocenters. The van der Waals surface area contributed by atoms with Gasteiger partial charge in [-0.05, 0) is 54.7 Å². The van der Waals surface area contributed by atoms with Crippen LogP contribution in [0.5, 0.6) is 11.5 Å². The smallest absolute Gasteiger partial charge is 0.217 e. The van der Waals surface area contributed by atoms with Gasteiger partial charge in [-0.15, -0.1) is 11.3 Å². The average molecular weight is 403 g/mol. The molecule has 3 aromatic rings. The van der Waals surface area contributed by atoms with E-state index in [1.54, 1.807) is 25.6 Å². The number of H-pyrrole nitrogens is 1. The van der Waals surface area contributed by atoms with E-state index in [0.29, 0.717) is 11.4 Å². The highest BCUT2D eigenvalue weighted by Crippen LogP contribution is 2.39. The van der Waals surface area contributed by atoms with E-state index in [4.69, 9.17) is 21.7 Å². The van der Waals surface area contributed by atoms with Gasteiger partial charge < -0.3 is 9.47 Å². The molecule has 8 heteroatoms. The Hall–Kier alpha value is -2.16. The second-order valence-electron chi connectivity index (χ2n) is 6.48. The Balaban J connectivity index is 1.61. The molecule has 1 aliphatic heterocycles. The maximum absolute atomic E-state index is 5.60. The van der Waals surface area contributed by atoms with Crippen molar-refractivity contribution in [3.05, 3.63) is 46.0 Å². The summed E-state index contributed by atoms with van der Waals surface area (Å²) in [5.41, 5.74) is 1.15. The maximum Gasteiger partial charge on any atom is 0.217 e. The third kappa shape index (κ3) is 3.65. The van der Waals surface area contributed by atoms with E-state index in [-0.39, 0.29) is 6.04 Å². The number of nitrogens with one attached hydrogen (secondary N) is 1. The second kappa shape index (κ2) is 7.84. The van der Waals surface area contributed by atoms with E-state index in [1.165, 1.54) is 0 Å². The van der Waals surface area contributed by atoms with Crippen LogP contribution in [0.2, 0.25) is 0 Å². The molecule has 1 aromatic carbocycles. The molecule has 1 fully saturated rings. The lowest BCUT2D eigenvalue weighted by Gasteiger charge is -2.26. The number of rotatable bonds is 6. The van der Waals surface area contributed by atoms with Gasteiger partial charge in [0.15, 0.2) is 5.82 Å². The highest BCUT2D eigenvalue weighted by molar-refractivity contribution is 7.71. The normalized spacial score (nSPS) is 17.3. The van der Waals surface area contributed by atoms with E-state index in [2.05, 4.69) is 21.0 Å². The summed E-state index contributed by atoms with van der Waals surface area (Å²) in [7, 11) is 3.40. The van der Waals surface area contributed by atoms with Gasteiger partial charge in [-0.3, -0.25) is 10.00 Å². The molecule has 3 heterocycles. The van der Waals surface area contributed by atoms with Crippen molar-refractivity contribution in [1.82, 2.24) is 19.7 Å². The molecule has 0 spiro atoms. The minimum atomic E-state index is 0.255. The first-order chi connectivity index (χ1) is 13.2. The fourth-order valence-electron chi connectivity index (χ4n) is 3.61. The number of methoxy groups -OCH3 is 2. The fourth-order valence-corrected chi connectivity index (χ4v) is 4.46. The van der Waals surface area contributed by atoms with Gasteiger partial charge in [-0.2, -0.15) is 4.98 Å². The number of ether oxygens (including phenoxy) is 2. The fraction of sp³-hybridized carbons (Fsp3) is 0.368. The third-order valence-electron chi connectivity index (χ3n) is 4.92. The molecule has 0 radical (unpaired) electrons. The largest absolute Gasteiger partial charge is 0.497 e. The van der Waals surface area contributed by atoms with E-state index in [9.17, 15) is 0 Å². The van der Waals surface area contributed by atoms with E-state index in [0.717, 1.165) is 47.2 Å². The molecular weight excluding hydrogens is 380 g/mol. The van der Waals surface area contributed by atoms with Crippen LogP contribution in [0.15, 0.2) is 35.7 Å². The first-order valence-electron chi connectivity index (χ1n) is 8.86. The number of likely N-dealkylation sites (tertiary alicyclic amines) is 1. The SMILES string of the molecule is COc1ccc(OC)c([C@H]2CCCN2Cn2[nH]c(-c3cccs3)nc2=S)c1. The predicted molar refractivity (Wildman–Crippen MR) is 109 cm³/mol. The zero-order valence-corrected chi connectivity index (χ0v) is 17.0. The van der Waals surface area contributed by atoms with Crippen LogP contribution in [-0.4, -0.2) is 40.4 Å². The van der Waals surface area contributed by atoms with Gasteiger partial charge in [-0.25, -0.2) is 4.68 Å². The number of benzene rings is 1. The van der Waals surface area contributed by atoms with E-state index >= 15 is 0 Å². The van der Waals surface area contributed by atoms with Gasteiger partial charge in [0.1, 0.15) is 11.5 Å². The minimum absolute atomic E-state index is 0.255. The molecule has 1 saturated heterocycles. The van der Waals surface area contributed by atoms with E-state index < -0.39 is 0 Å². The molecule has 142 valence electrons. The molecule has 1 atom stereocenters. The lowest BCUT2D eigenvalue weighted by molar-refractivity contribution is 0.187. The van der Waals surface area contributed by atoms with Gasteiger partial charge in [0.2, 0.25) is 4.77 Å². The van der Waals surface area contributed by atoms with Crippen molar-refractivity contribution < 1.29 is 9.47 Å². The van der Waals surface area contributed by atoms with Crippen molar-refractivity contribution in [2.24, 2.45) is 0 Å². The first-order valence-corrected chi connectivity index (χ1v) is 10.1. The molecule has 1 aliphatic rings. The summed E-state index contributed by atoms with van der Waals surface area (Å²) in [6.07, 6.45) is 2.20. The molecule has 4 rings (SSSR count). The molecule has 6 nitrogen and oxygen atoms in total. The summed E-state index contributed by atoms with van der Waals surface area (Å²) in [5.74, 6) is 2.56. The highest BCUT2D eigenvalue weighted by atomic mass is 32.1. The molecular formula is C19H22N4O2S2. The lowest BCUT2D eigenvalue weighted by Crippen LogP contribution is -2.27. The van der Waals surface area contributed by atoms with Crippen molar-refractivity contribution >= 4 is 23.6 Å². The monoisotopic (exact) mass is 402 g/mol. The quantitative estimate of drug-likeness (QED) is 0.616. The number of aromatic amines is 1. The van der Waals surface area contributed by atoms with Gasteiger partial charge in [0.25, 0.3) is 0 Å². The molecule has 2 aromatic heterocycles. The summed E-state index contributed by atoms with van der Waals surface area (Å²) >= 11 is 7.13. The topological polar surface area (TPSA) is 55.3 Å². The van der Waals surface area contributed by atoms with Crippen LogP contribution in [0.3, 0.4) is 0 Å². The summed E-state index contributed by atoms with van der Waals surface area (Å²) in [6, 6.07) is 10.3. The van der Waals surface area contributed by atoms with Crippen LogP contribution in [0.25, 0.3) is 10.7 Å².